The number of fused-ring (bicyclic) bond motifs is 1. The molecule has 0 radical (unpaired) electrons. The van der Waals surface area contributed by atoms with E-state index in [9.17, 15) is 8.42 Å². The first-order valence-corrected chi connectivity index (χ1v) is 6.84. The number of hydrogen-bond acceptors (Lipinski definition) is 3. The maximum absolute atomic E-state index is 11.7. The van der Waals surface area contributed by atoms with Crippen molar-refractivity contribution in [2.45, 2.75) is 11.9 Å². The Labute approximate surface area is 96.0 Å². The van der Waals surface area contributed by atoms with Crippen LogP contribution in [0, 0.1) is 0 Å². The third kappa shape index (κ3) is 1.79. The molecule has 2 rings (SSSR count). The van der Waals surface area contributed by atoms with Crippen molar-refractivity contribution >= 4 is 31.4 Å². The molecule has 0 aliphatic heterocycles. The first-order chi connectivity index (χ1) is 7.04. The van der Waals surface area contributed by atoms with Crippen LogP contribution in [0.15, 0.2) is 34.0 Å². The predicted octanol–water partition coefficient (Wildman–Crippen LogP) is 1.89. The van der Waals surface area contributed by atoms with Crippen molar-refractivity contribution in [3.8, 4) is 0 Å². The molecule has 0 spiro atoms. The number of imidazole rings is 1. The van der Waals surface area contributed by atoms with E-state index in [-0.39, 0.29) is 10.8 Å². The van der Waals surface area contributed by atoms with Gasteiger partial charge in [-0.1, -0.05) is 22.9 Å². The molecule has 15 heavy (non-hydrogen) atoms. The molecule has 0 amide bonds. The van der Waals surface area contributed by atoms with E-state index in [4.69, 9.17) is 0 Å². The molecule has 0 atom stereocenters. The van der Waals surface area contributed by atoms with Crippen molar-refractivity contribution in [2.24, 2.45) is 0 Å². The number of aromatic nitrogens is 2. The van der Waals surface area contributed by atoms with E-state index in [1.807, 2.05) is 0 Å². The summed E-state index contributed by atoms with van der Waals surface area (Å²) in [6.07, 6.45) is 3.08. The molecule has 0 saturated carbocycles. The zero-order valence-electron chi connectivity index (χ0n) is 8.01. The van der Waals surface area contributed by atoms with Gasteiger partial charge in [-0.05, 0) is 12.1 Å². The lowest BCUT2D eigenvalue weighted by atomic mass is 10.5. The van der Waals surface area contributed by atoms with Crippen LogP contribution in [0.4, 0.5) is 0 Å². The van der Waals surface area contributed by atoms with Crippen molar-refractivity contribution in [3.05, 3.63) is 29.0 Å². The van der Waals surface area contributed by atoms with Gasteiger partial charge in [0.05, 0.1) is 11.9 Å². The van der Waals surface area contributed by atoms with Gasteiger partial charge in [-0.2, -0.15) is 0 Å². The highest BCUT2D eigenvalue weighted by atomic mass is 79.9. The molecule has 6 heteroatoms. The lowest BCUT2D eigenvalue weighted by molar-refractivity contribution is 0.592. The molecule has 0 aromatic carbocycles. The lowest BCUT2D eigenvalue weighted by Crippen LogP contribution is -2.06. The zero-order chi connectivity index (χ0) is 11.1. The Morgan fingerprint density at radius 2 is 2.27 bits per heavy atom. The van der Waals surface area contributed by atoms with Crippen LogP contribution in [-0.4, -0.2) is 23.6 Å². The summed E-state index contributed by atoms with van der Waals surface area (Å²) in [4.78, 5) is 4.05. The van der Waals surface area contributed by atoms with Gasteiger partial charge in [-0.3, -0.25) is 4.40 Å². The number of sulfone groups is 1. The summed E-state index contributed by atoms with van der Waals surface area (Å²) in [5.74, 6) is 0.0802. The van der Waals surface area contributed by atoms with E-state index < -0.39 is 9.84 Å². The molecule has 0 aliphatic carbocycles. The van der Waals surface area contributed by atoms with Gasteiger partial charge in [0, 0.05) is 10.7 Å². The number of pyridine rings is 1. The van der Waals surface area contributed by atoms with E-state index in [0.717, 1.165) is 4.47 Å². The smallest absolute Gasteiger partial charge is 0.195 e. The van der Waals surface area contributed by atoms with E-state index in [1.165, 1.54) is 6.20 Å². The van der Waals surface area contributed by atoms with Crippen molar-refractivity contribution in [3.63, 3.8) is 0 Å². The van der Waals surface area contributed by atoms with Crippen molar-refractivity contribution in [2.75, 3.05) is 5.75 Å². The second-order valence-corrected chi connectivity index (χ2v) is 6.21. The van der Waals surface area contributed by atoms with Crippen LogP contribution >= 0.6 is 15.9 Å². The molecule has 80 valence electrons. The Bertz CT molecular complexity index is 604. The molecule has 2 heterocycles. The van der Waals surface area contributed by atoms with E-state index in [2.05, 4.69) is 20.9 Å². The van der Waals surface area contributed by atoms with Crippen molar-refractivity contribution < 1.29 is 8.42 Å². The van der Waals surface area contributed by atoms with Gasteiger partial charge in [0.25, 0.3) is 0 Å². The summed E-state index contributed by atoms with van der Waals surface area (Å²) < 4.78 is 25.8. The first-order valence-electron chi connectivity index (χ1n) is 4.40. The highest BCUT2D eigenvalue weighted by molar-refractivity contribution is 9.10. The SMILES string of the molecule is CCS(=O)(=O)c1cnc2cc(Br)ccn12. The lowest BCUT2D eigenvalue weighted by Gasteiger charge is -2.00. The summed E-state index contributed by atoms with van der Waals surface area (Å²) >= 11 is 3.31. The van der Waals surface area contributed by atoms with Crippen LogP contribution in [0.3, 0.4) is 0 Å². The maximum atomic E-state index is 11.7. The molecule has 0 unspecified atom stereocenters. The monoisotopic (exact) mass is 288 g/mol. The molecular weight excluding hydrogens is 280 g/mol. The van der Waals surface area contributed by atoms with Gasteiger partial charge in [-0.15, -0.1) is 0 Å². The maximum Gasteiger partial charge on any atom is 0.195 e. The molecule has 2 aromatic heterocycles. The Morgan fingerprint density at radius 1 is 1.53 bits per heavy atom. The van der Waals surface area contributed by atoms with Crippen molar-refractivity contribution in [1.82, 2.24) is 9.38 Å². The summed E-state index contributed by atoms with van der Waals surface area (Å²) in [5.41, 5.74) is 0.622. The summed E-state index contributed by atoms with van der Waals surface area (Å²) in [7, 11) is -3.21. The molecule has 0 fully saturated rings. The van der Waals surface area contributed by atoms with Crippen LogP contribution in [0.1, 0.15) is 6.92 Å². The minimum absolute atomic E-state index is 0.0802. The minimum atomic E-state index is -3.21. The Hall–Kier alpha value is -0.880. The quantitative estimate of drug-likeness (QED) is 0.848. The van der Waals surface area contributed by atoms with E-state index in [0.29, 0.717) is 5.65 Å². The molecule has 0 bridgehead atoms. The molecular formula is C9H9BrN2O2S. The topological polar surface area (TPSA) is 51.4 Å². The third-order valence-corrected chi connectivity index (χ3v) is 4.33. The molecule has 0 aliphatic rings. The van der Waals surface area contributed by atoms with E-state index >= 15 is 0 Å². The predicted molar refractivity (Wildman–Crippen MR) is 60.6 cm³/mol. The average Bonchev–Trinajstić information content (AvgIpc) is 2.61. The largest absolute Gasteiger partial charge is 0.291 e. The first kappa shape index (κ1) is 10.6. The van der Waals surface area contributed by atoms with Crippen LogP contribution in [-0.2, 0) is 9.84 Å². The molecule has 0 saturated heterocycles. The number of nitrogens with zero attached hydrogens (tertiary/aromatic N) is 2. The second-order valence-electron chi connectivity index (χ2n) is 3.07. The molecule has 0 N–H and O–H groups in total. The standard InChI is InChI=1S/C9H9BrN2O2S/c1-2-15(13,14)9-6-11-8-5-7(10)3-4-12(8)9/h3-6H,2H2,1H3. The van der Waals surface area contributed by atoms with E-state index in [1.54, 1.807) is 29.7 Å². The summed E-state index contributed by atoms with van der Waals surface area (Å²) in [5, 5.41) is 0.243. The van der Waals surface area contributed by atoms with Gasteiger partial charge in [-0.25, -0.2) is 13.4 Å². The fourth-order valence-corrected chi connectivity index (χ4v) is 2.60. The van der Waals surface area contributed by atoms with Gasteiger partial charge in [0.15, 0.2) is 14.9 Å². The van der Waals surface area contributed by atoms with Crippen molar-refractivity contribution in [1.29, 1.82) is 0 Å². The average molecular weight is 289 g/mol. The normalized spacial score (nSPS) is 12.1. The Balaban J connectivity index is 2.75. The van der Waals surface area contributed by atoms with Crippen LogP contribution < -0.4 is 0 Å². The summed E-state index contributed by atoms with van der Waals surface area (Å²) in [6.45, 7) is 1.62. The van der Waals surface area contributed by atoms with Gasteiger partial charge in [0.2, 0.25) is 0 Å². The number of hydrogen-bond donors (Lipinski definition) is 0. The number of halogens is 1. The Morgan fingerprint density at radius 3 is 2.93 bits per heavy atom. The highest BCUT2D eigenvalue weighted by Gasteiger charge is 2.16. The fourth-order valence-electron chi connectivity index (χ4n) is 1.31. The van der Waals surface area contributed by atoms with Gasteiger partial charge in [0.1, 0.15) is 5.65 Å². The number of rotatable bonds is 2. The zero-order valence-corrected chi connectivity index (χ0v) is 10.4. The highest BCUT2D eigenvalue weighted by Crippen LogP contribution is 2.17. The summed E-state index contributed by atoms with van der Waals surface area (Å²) in [6, 6.07) is 3.55. The van der Waals surface area contributed by atoms with Crippen LogP contribution in [0.2, 0.25) is 0 Å². The molecule has 4 nitrogen and oxygen atoms in total. The van der Waals surface area contributed by atoms with Crippen LogP contribution in [0.25, 0.3) is 5.65 Å². The fraction of sp³-hybridized carbons (Fsp3) is 0.222. The third-order valence-electron chi connectivity index (χ3n) is 2.14. The van der Waals surface area contributed by atoms with Gasteiger partial charge < -0.3 is 0 Å². The second kappa shape index (κ2) is 3.61. The molecule has 2 aromatic rings. The van der Waals surface area contributed by atoms with Crippen LogP contribution in [0.5, 0.6) is 0 Å². The van der Waals surface area contributed by atoms with Gasteiger partial charge >= 0.3 is 0 Å². The minimum Gasteiger partial charge on any atom is -0.291 e. The Kier molecular flexibility index (Phi) is 2.56.